The molecule has 0 saturated heterocycles. The van der Waals surface area contributed by atoms with Crippen molar-refractivity contribution in [1.29, 1.82) is 5.26 Å². The minimum absolute atomic E-state index is 0.208. The number of nitrogens with zero attached hydrogens (tertiary/aromatic N) is 1. The van der Waals surface area contributed by atoms with E-state index in [1.807, 2.05) is 54.6 Å². The van der Waals surface area contributed by atoms with Crippen LogP contribution in [0.5, 0.6) is 0 Å². The summed E-state index contributed by atoms with van der Waals surface area (Å²) >= 11 is 0. The normalized spacial score (nSPS) is 13.0. The van der Waals surface area contributed by atoms with Gasteiger partial charge in [-0.3, -0.25) is 4.79 Å². The molecule has 0 heterocycles. The van der Waals surface area contributed by atoms with E-state index in [0.29, 0.717) is 12.1 Å². The van der Waals surface area contributed by atoms with E-state index in [0.717, 1.165) is 21.9 Å². The predicted octanol–water partition coefficient (Wildman–Crippen LogP) is 3.89. The largest absolute Gasteiger partial charge is 0.364 e. The number of carbonyl (C=O) groups is 1. The first-order valence-corrected chi connectivity index (χ1v) is 8.39. The third kappa shape index (κ3) is 3.30. The minimum atomic E-state index is -1.10. The first-order valence-electron chi connectivity index (χ1n) is 8.39. The van der Waals surface area contributed by atoms with Crippen molar-refractivity contribution in [2.24, 2.45) is 0 Å². The molecule has 0 aromatic heterocycles. The van der Waals surface area contributed by atoms with Gasteiger partial charge in [0.15, 0.2) is 5.60 Å². The van der Waals surface area contributed by atoms with E-state index in [-0.39, 0.29) is 5.91 Å². The topological polar surface area (TPSA) is 62.1 Å². The van der Waals surface area contributed by atoms with Crippen LogP contribution < -0.4 is 5.32 Å². The average molecular weight is 344 g/mol. The van der Waals surface area contributed by atoms with Gasteiger partial charge in [-0.05, 0) is 35.4 Å². The van der Waals surface area contributed by atoms with Crippen LogP contribution in [0.3, 0.4) is 0 Å². The molecule has 0 radical (unpaired) electrons. The quantitative estimate of drug-likeness (QED) is 0.764. The number of hydrogen-bond donors (Lipinski definition) is 1. The van der Waals surface area contributed by atoms with Crippen molar-refractivity contribution < 1.29 is 9.53 Å². The molecule has 0 aliphatic rings. The molecule has 130 valence electrons. The number of methoxy groups -OCH3 is 1. The molecule has 3 aromatic rings. The summed E-state index contributed by atoms with van der Waals surface area (Å²) in [4.78, 5) is 12.9. The van der Waals surface area contributed by atoms with Gasteiger partial charge in [0.2, 0.25) is 0 Å². The second-order valence-electron chi connectivity index (χ2n) is 6.26. The maximum Gasteiger partial charge on any atom is 0.256 e. The molecule has 0 aliphatic heterocycles. The van der Waals surface area contributed by atoms with Gasteiger partial charge in [0, 0.05) is 19.2 Å². The Bertz CT molecular complexity index is 968. The molecule has 0 bridgehead atoms. The van der Waals surface area contributed by atoms with Crippen LogP contribution in [-0.4, -0.2) is 13.0 Å². The van der Waals surface area contributed by atoms with Crippen molar-refractivity contribution in [1.82, 2.24) is 5.32 Å². The number of rotatable bonds is 5. The van der Waals surface area contributed by atoms with Crippen molar-refractivity contribution >= 4 is 16.7 Å². The molecular weight excluding hydrogens is 324 g/mol. The first-order chi connectivity index (χ1) is 12.6. The lowest BCUT2D eigenvalue weighted by molar-refractivity contribution is -0.142. The Kier molecular flexibility index (Phi) is 5.01. The predicted molar refractivity (Wildman–Crippen MR) is 101 cm³/mol. The third-order valence-electron chi connectivity index (χ3n) is 4.68. The van der Waals surface area contributed by atoms with Crippen LogP contribution in [0.1, 0.15) is 23.6 Å². The number of hydrogen-bond acceptors (Lipinski definition) is 3. The van der Waals surface area contributed by atoms with E-state index in [1.54, 1.807) is 26.2 Å². The molecule has 0 aliphatic carbocycles. The Hall–Kier alpha value is -3.16. The van der Waals surface area contributed by atoms with Gasteiger partial charge in [-0.15, -0.1) is 0 Å². The van der Waals surface area contributed by atoms with Gasteiger partial charge < -0.3 is 10.1 Å². The lowest BCUT2D eigenvalue weighted by Crippen LogP contribution is -2.43. The first kappa shape index (κ1) is 17.7. The van der Waals surface area contributed by atoms with E-state index in [4.69, 9.17) is 10.00 Å². The van der Waals surface area contributed by atoms with Crippen molar-refractivity contribution in [3.8, 4) is 6.07 Å². The Morgan fingerprint density at radius 3 is 2.46 bits per heavy atom. The van der Waals surface area contributed by atoms with Gasteiger partial charge in [-0.1, -0.05) is 54.6 Å². The van der Waals surface area contributed by atoms with Gasteiger partial charge in [0.05, 0.1) is 11.6 Å². The lowest BCUT2D eigenvalue weighted by Gasteiger charge is -2.28. The highest BCUT2D eigenvalue weighted by molar-refractivity contribution is 5.94. The molecule has 1 unspecified atom stereocenters. The Labute approximate surface area is 153 Å². The van der Waals surface area contributed by atoms with Gasteiger partial charge in [-0.25, -0.2) is 0 Å². The van der Waals surface area contributed by atoms with Gasteiger partial charge >= 0.3 is 0 Å². The minimum Gasteiger partial charge on any atom is -0.364 e. The van der Waals surface area contributed by atoms with E-state index in [1.165, 1.54) is 0 Å². The Morgan fingerprint density at radius 1 is 1.08 bits per heavy atom. The summed E-state index contributed by atoms with van der Waals surface area (Å²) in [5.41, 5.74) is 1.25. The van der Waals surface area contributed by atoms with Gasteiger partial charge in [-0.2, -0.15) is 5.26 Å². The number of ether oxygens (including phenoxy) is 1. The summed E-state index contributed by atoms with van der Waals surface area (Å²) in [6.07, 6.45) is 0. The van der Waals surface area contributed by atoms with Gasteiger partial charge in [0.25, 0.3) is 5.91 Å². The number of nitriles is 1. The molecule has 4 heteroatoms. The fourth-order valence-corrected chi connectivity index (χ4v) is 3.01. The second kappa shape index (κ2) is 7.38. The van der Waals surface area contributed by atoms with Crippen molar-refractivity contribution in [2.75, 3.05) is 7.11 Å². The van der Waals surface area contributed by atoms with E-state index in [2.05, 4.69) is 11.4 Å². The SMILES string of the molecule is COC(C)(C(=O)NCc1ccc(C#N)cc1)c1cccc2ccccc12. The summed E-state index contributed by atoms with van der Waals surface area (Å²) in [7, 11) is 1.54. The summed E-state index contributed by atoms with van der Waals surface area (Å²) in [5, 5.41) is 13.9. The molecule has 3 aromatic carbocycles. The van der Waals surface area contributed by atoms with Crippen LogP contribution in [0.2, 0.25) is 0 Å². The summed E-state index contributed by atoms with van der Waals surface area (Å²) in [6.45, 7) is 2.15. The van der Waals surface area contributed by atoms with Crippen molar-refractivity contribution in [3.05, 3.63) is 83.4 Å². The molecule has 0 saturated carbocycles. The van der Waals surface area contributed by atoms with Crippen LogP contribution in [0.15, 0.2) is 66.7 Å². The highest BCUT2D eigenvalue weighted by atomic mass is 16.5. The lowest BCUT2D eigenvalue weighted by atomic mass is 9.89. The second-order valence-corrected chi connectivity index (χ2v) is 6.26. The number of amides is 1. The van der Waals surface area contributed by atoms with Crippen LogP contribution in [0, 0.1) is 11.3 Å². The standard InChI is InChI=1S/C22H20N2O2/c1-22(26-2,20-9-5-7-18-6-3-4-8-19(18)20)21(25)24-15-17-12-10-16(14-23)11-13-17/h3-13H,15H2,1-2H3,(H,24,25). The summed E-state index contributed by atoms with van der Waals surface area (Å²) < 4.78 is 5.66. The summed E-state index contributed by atoms with van der Waals surface area (Å²) in [6, 6.07) is 23.0. The zero-order valence-electron chi connectivity index (χ0n) is 14.8. The molecule has 3 rings (SSSR count). The number of benzene rings is 3. The Balaban J connectivity index is 1.86. The van der Waals surface area contributed by atoms with Crippen molar-refractivity contribution in [2.45, 2.75) is 19.1 Å². The zero-order valence-corrected chi connectivity index (χ0v) is 14.8. The summed E-state index contributed by atoms with van der Waals surface area (Å²) in [5.74, 6) is -0.208. The fourth-order valence-electron chi connectivity index (χ4n) is 3.01. The average Bonchev–Trinajstić information content (AvgIpc) is 2.71. The molecule has 4 nitrogen and oxygen atoms in total. The molecule has 26 heavy (non-hydrogen) atoms. The molecule has 0 fully saturated rings. The zero-order chi connectivity index (χ0) is 18.6. The maximum absolute atomic E-state index is 12.9. The van der Waals surface area contributed by atoms with E-state index in [9.17, 15) is 4.79 Å². The number of carbonyl (C=O) groups excluding carboxylic acids is 1. The highest BCUT2D eigenvalue weighted by Gasteiger charge is 2.36. The van der Waals surface area contributed by atoms with Crippen LogP contribution in [-0.2, 0) is 21.7 Å². The van der Waals surface area contributed by atoms with Crippen LogP contribution in [0.4, 0.5) is 0 Å². The molecule has 1 amide bonds. The Morgan fingerprint density at radius 2 is 1.77 bits per heavy atom. The fraction of sp³-hybridized carbons (Fsp3) is 0.182. The van der Waals surface area contributed by atoms with Crippen molar-refractivity contribution in [3.63, 3.8) is 0 Å². The highest BCUT2D eigenvalue weighted by Crippen LogP contribution is 2.31. The monoisotopic (exact) mass is 344 g/mol. The van der Waals surface area contributed by atoms with E-state index < -0.39 is 5.60 Å². The maximum atomic E-state index is 12.9. The number of fused-ring (bicyclic) bond motifs is 1. The molecule has 1 N–H and O–H groups in total. The molecule has 0 spiro atoms. The van der Waals surface area contributed by atoms with Gasteiger partial charge in [0.1, 0.15) is 0 Å². The van der Waals surface area contributed by atoms with Crippen LogP contribution >= 0.6 is 0 Å². The van der Waals surface area contributed by atoms with E-state index >= 15 is 0 Å². The smallest absolute Gasteiger partial charge is 0.256 e. The molecular formula is C22H20N2O2. The third-order valence-corrected chi connectivity index (χ3v) is 4.68. The van der Waals surface area contributed by atoms with Crippen LogP contribution in [0.25, 0.3) is 10.8 Å². The number of nitrogens with one attached hydrogen (secondary N) is 1. The molecule has 1 atom stereocenters.